The van der Waals surface area contributed by atoms with Crippen molar-refractivity contribution in [3.63, 3.8) is 0 Å². The second-order valence-electron chi connectivity index (χ2n) is 4.08. The number of carbonyl (C=O) groups is 2. The highest BCUT2D eigenvalue weighted by molar-refractivity contribution is 7.80. The molecule has 0 spiro atoms. The van der Waals surface area contributed by atoms with Crippen LogP contribution in [-0.4, -0.2) is 30.8 Å². The van der Waals surface area contributed by atoms with Crippen LogP contribution in [0.5, 0.6) is 0 Å². The van der Waals surface area contributed by atoms with Gasteiger partial charge in [0, 0.05) is 12.3 Å². The summed E-state index contributed by atoms with van der Waals surface area (Å²) in [7, 11) is 1.36. The minimum Gasteiger partial charge on any atom is -0.469 e. The maximum Gasteiger partial charge on any atom is 0.309 e. The number of thiol groups is 1. The van der Waals surface area contributed by atoms with E-state index in [0.29, 0.717) is 12.3 Å². The van der Waals surface area contributed by atoms with Crippen LogP contribution >= 0.6 is 12.6 Å². The van der Waals surface area contributed by atoms with E-state index in [1.165, 1.54) is 7.11 Å². The molecule has 0 heterocycles. The molecule has 1 aromatic carbocycles. The van der Waals surface area contributed by atoms with Crippen molar-refractivity contribution in [1.29, 1.82) is 0 Å². The molecule has 104 valence electrons. The Morgan fingerprint density at radius 1 is 1.32 bits per heavy atom. The van der Waals surface area contributed by atoms with Crippen LogP contribution in [0.3, 0.4) is 0 Å². The van der Waals surface area contributed by atoms with Crippen LogP contribution in [0.4, 0.5) is 0 Å². The van der Waals surface area contributed by atoms with E-state index in [1.54, 1.807) is 0 Å². The lowest BCUT2D eigenvalue weighted by atomic mass is 10.1. The lowest BCUT2D eigenvalue weighted by molar-refractivity contribution is -0.139. The van der Waals surface area contributed by atoms with Crippen molar-refractivity contribution in [1.82, 2.24) is 5.32 Å². The predicted octanol–water partition coefficient (Wildman–Crippen LogP) is 0.275. The van der Waals surface area contributed by atoms with Gasteiger partial charge in [0.15, 0.2) is 0 Å². The van der Waals surface area contributed by atoms with E-state index in [2.05, 4.69) is 22.7 Å². The normalized spacial score (nSPS) is 11.7. The number of carbonyl (C=O) groups excluding carboxylic acids is 2. The Labute approximate surface area is 117 Å². The van der Waals surface area contributed by atoms with E-state index in [0.717, 1.165) is 11.1 Å². The summed E-state index contributed by atoms with van der Waals surface area (Å²) in [4.78, 5) is 22.5. The molecule has 0 aromatic heterocycles. The zero-order valence-corrected chi connectivity index (χ0v) is 11.7. The highest BCUT2D eigenvalue weighted by Crippen LogP contribution is 2.06. The van der Waals surface area contributed by atoms with Gasteiger partial charge in [0.2, 0.25) is 5.91 Å². The fourth-order valence-corrected chi connectivity index (χ4v) is 1.58. The zero-order valence-electron chi connectivity index (χ0n) is 10.8. The highest BCUT2D eigenvalue weighted by atomic mass is 32.1. The van der Waals surface area contributed by atoms with Crippen molar-refractivity contribution in [2.24, 2.45) is 5.73 Å². The molecular formula is C13H18N2O3S. The number of esters is 1. The summed E-state index contributed by atoms with van der Waals surface area (Å²) in [6, 6.07) is 6.77. The molecule has 6 heteroatoms. The SMILES string of the molecule is COC(=O)Cc1ccc(CNC(=O)C(N)CS)cc1. The maximum atomic E-state index is 11.5. The second kappa shape index (κ2) is 7.81. The number of methoxy groups -OCH3 is 1. The maximum absolute atomic E-state index is 11.5. The van der Waals surface area contributed by atoms with Gasteiger partial charge in [-0.1, -0.05) is 24.3 Å². The third-order valence-corrected chi connectivity index (χ3v) is 2.99. The summed E-state index contributed by atoms with van der Waals surface area (Å²) in [6.45, 7) is 0.402. The summed E-state index contributed by atoms with van der Waals surface area (Å²) in [5.74, 6) is -0.196. The Morgan fingerprint density at radius 2 is 1.89 bits per heavy atom. The largest absolute Gasteiger partial charge is 0.469 e. The van der Waals surface area contributed by atoms with Gasteiger partial charge in [0.1, 0.15) is 0 Å². The highest BCUT2D eigenvalue weighted by Gasteiger charge is 2.10. The average Bonchev–Trinajstić information content (AvgIpc) is 2.45. The number of benzene rings is 1. The van der Waals surface area contributed by atoms with Gasteiger partial charge in [-0.25, -0.2) is 0 Å². The van der Waals surface area contributed by atoms with Gasteiger partial charge in [-0.2, -0.15) is 12.6 Å². The van der Waals surface area contributed by atoms with Gasteiger partial charge in [-0.15, -0.1) is 0 Å². The number of hydrogen-bond donors (Lipinski definition) is 3. The monoisotopic (exact) mass is 282 g/mol. The third kappa shape index (κ3) is 5.32. The molecule has 0 aliphatic rings. The number of ether oxygens (including phenoxy) is 1. The summed E-state index contributed by atoms with van der Waals surface area (Å²) in [6.07, 6.45) is 0.244. The predicted molar refractivity (Wildman–Crippen MR) is 75.8 cm³/mol. The number of rotatable bonds is 6. The van der Waals surface area contributed by atoms with Crippen molar-refractivity contribution in [3.05, 3.63) is 35.4 Å². The van der Waals surface area contributed by atoms with Gasteiger partial charge in [-0.05, 0) is 11.1 Å². The molecule has 1 amide bonds. The molecule has 0 saturated heterocycles. The molecular weight excluding hydrogens is 264 g/mol. The standard InChI is InChI=1S/C13H18N2O3S/c1-18-12(16)6-9-2-4-10(5-3-9)7-15-13(17)11(14)8-19/h2-5,11,19H,6-8,14H2,1H3,(H,15,17). The van der Waals surface area contributed by atoms with E-state index in [9.17, 15) is 9.59 Å². The molecule has 0 aliphatic carbocycles. The van der Waals surface area contributed by atoms with Crippen LogP contribution in [0.1, 0.15) is 11.1 Å². The van der Waals surface area contributed by atoms with Gasteiger partial charge in [0.05, 0.1) is 19.6 Å². The van der Waals surface area contributed by atoms with E-state index in [-0.39, 0.29) is 18.3 Å². The quantitative estimate of drug-likeness (QED) is 0.517. The lowest BCUT2D eigenvalue weighted by Crippen LogP contribution is -2.41. The third-order valence-electron chi connectivity index (χ3n) is 2.60. The Balaban J connectivity index is 2.48. The Hall–Kier alpha value is -1.53. The molecule has 1 unspecified atom stereocenters. The van der Waals surface area contributed by atoms with E-state index < -0.39 is 6.04 Å². The Morgan fingerprint density at radius 3 is 2.42 bits per heavy atom. The topological polar surface area (TPSA) is 81.4 Å². The minimum absolute atomic E-state index is 0.228. The number of nitrogens with two attached hydrogens (primary N) is 1. The fraction of sp³-hybridized carbons (Fsp3) is 0.385. The average molecular weight is 282 g/mol. The molecule has 19 heavy (non-hydrogen) atoms. The number of amides is 1. The van der Waals surface area contributed by atoms with Crippen molar-refractivity contribution in [3.8, 4) is 0 Å². The molecule has 0 fully saturated rings. The van der Waals surface area contributed by atoms with Gasteiger partial charge in [0.25, 0.3) is 0 Å². The first-order chi connectivity index (χ1) is 9.06. The fourth-order valence-electron chi connectivity index (χ4n) is 1.42. The number of nitrogens with one attached hydrogen (secondary N) is 1. The first kappa shape index (κ1) is 15.5. The molecule has 0 saturated carbocycles. The summed E-state index contributed by atoms with van der Waals surface area (Å²) in [5.41, 5.74) is 7.34. The number of hydrogen-bond acceptors (Lipinski definition) is 5. The molecule has 0 aliphatic heterocycles. The smallest absolute Gasteiger partial charge is 0.309 e. The Bertz CT molecular complexity index is 434. The molecule has 5 nitrogen and oxygen atoms in total. The molecule has 0 radical (unpaired) electrons. The van der Waals surface area contributed by atoms with Crippen LogP contribution in [0.25, 0.3) is 0 Å². The van der Waals surface area contributed by atoms with Crippen LogP contribution in [0.2, 0.25) is 0 Å². The molecule has 1 rings (SSSR count). The van der Waals surface area contributed by atoms with E-state index in [4.69, 9.17) is 5.73 Å². The van der Waals surface area contributed by atoms with Crippen LogP contribution in [-0.2, 0) is 27.3 Å². The van der Waals surface area contributed by atoms with Crippen molar-refractivity contribution >= 4 is 24.5 Å². The van der Waals surface area contributed by atoms with E-state index in [1.807, 2.05) is 24.3 Å². The molecule has 1 aromatic rings. The second-order valence-corrected chi connectivity index (χ2v) is 4.44. The van der Waals surface area contributed by atoms with Crippen molar-refractivity contribution in [2.45, 2.75) is 19.0 Å². The molecule has 3 N–H and O–H groups in total. The lowest BCUT2D eigenvalue weighted by Gasteiger charge is -2.10. The minimum atomic E-state index is -0.595. The van der Waals surface area contributed by atoms with Crippen LogP contribution in [0.15, 0.2) is 24.3 Å². The van der Waals surface area contributed by atoms with Gasteiger partial charge in [-0.3, -0.25) is 9.59 Å². The molecule has 1 atom stereocenters. The van der Waals surface area contributed by atoms with Gasteiger partial charge >= 0.3 is 5.97 Å². The Kier molecular flexibility index (Phi) is 6.38. The molecule has 0 bridgehead atoms. The zero-order chi connectivity index (χ0) is 14.3. The summed E-state index contributed by atoms with van der Waals surface area (Å²) in [5, 5.41) is 2.72. The summed E-state index contributed by atoms with van der Waals surface area (Å²) < 4.78 is 4.58. The van der Waals surface area contributed by atoms with E-state index >= 15 is 0 Å². The first-order valence-corrected chi connectivity index (χ1v) is 6.49. The van der Waals surface area contributed by atoms with Crippen molar-refractivity contribution in [2.75, 3.05) is 12.9 Å². The van der Waals surface area contributed by atoms with Crippen LogP contribution in [0, 0.1) is 0 Å². The van der Waals surface area contributed by atoms with Crippen LogP contribution < -0.4 is 11.1 Å². The van der Waals surface area contributed by atoms with Gasteiger partial charge < -0.3 is 15.8 Å². The first-order valence-electron chi connectivity index (χ1n) is 5.85. The summed E-state index contributed by atoms with van der Waals surface area (Å²) >= 11 is 3.96. The van der Waals surface area contributed by atoms with Crippen molar-refractivity contribution < 1.29 is 14.3 Å².